The van der Waals surface area contributed by atoms with Crippen molar-refractivity contribution < 1.29 is 0 Å². The van der Waals surface area contributed by atoms with E-state index >= 15 is 0 Å². The van der Waals surface area contributed by atoms with E-state index in [1.807, 2.05) is 24.3 Å². The molecule has 0 nitrogen and oxygen atoms in total. The summed E-state index contributed by atoms with van der Waals surface area (Å²) in [5.74, 6) is 12.8. The first-order chi connectivity index (χ1) is 9.90. The molecule has 1 aromatic rings. The van der Waals surface area contributed by atoms with Crippen LogP contribution in [-0.4, -0.2) is 0 Å². The topological polar surface area (TPSA) is 0 Å². The molecule has 2 aliphatic rings. The standard InChI is InChI=1S/C20H14/c1-2-7-17(6-1)12-14-19-10-5-11-20(16-19)15-13-18-8-3-4-9-18/h1-6,8,10-11,16H,7,9H2. The van der Waals surface area contributed by atoms with Crippen LogP contribution in [0.2, 0.25) is 0 Å². The molecule has 0 radical (unpaired) electrons. The molecule has 0 amide bonds. The third kappa shape index (κ3) is 3.19. The van der Waals surface area contributed by atoms with E-state index in [1.165, 1.54) is 11.1 Å². The van der Waals surface area contributed by atoms with Crippen molar-refractivity contribution in [2.45, 2.75) is 12.8 Å². The molecule has 0 heteroatoms. The molecule has 0 bridgehead atoms. The molecule has 0 saturated carbocycles. The molecular weight excluding hydrogens is 240 g/mol. The van der Waals surface area contributed by atoms with E-state index in [9.17, 15) is 0 Å². The number of allylic oxidation sites excluding steroid dienone is 8. The minimum Gasteiger partial charge on any atom is -0.0794 e. The van der Waals surface area contributed by atoms with Gasteiger partial charge in [-0.3, -0.25) is 0 Å². The van der Waals surface area contributed by atoms with E-state index in [0.29, 0.717) is 0 Å². The van der Waals surface area contributed by atoms with Crippen LogP contribution in [0.5, 0.6) is 0 Å². The molecule has 0 N–H and O–H groups in total. The number of hydrogen-bond acceptors (Lipinski definition) is 0. The zero-order valence-corrected chi connectivity index (χ0v) is 11.2. The summed E-state index contributed by atoms with van der Waals surface area (Å²) in [4.78, 5) is 0. The lowest BCUT2D eigenvalue weighted by Gasteiger charge is -1.93. The zero-order valence-electron chi connectivity index (χ0n) is 11.2. The second-order valence-electron chi connectivity index (χ2n) is 4.73. The van der Waals surface area contributed by atoms with E-state index < -0.39 is 0 Å². The Morgan fingerprint density at radius 3 is 1.70 bits per heavy atom. The van der Waals surface area contributed by atoms with Gasteiger partial charge >= 0.3 is 0 Å². The maximum absolute atomic E-state index is 3.20. The third-order valence-electron chi connectivity index (χ3n) is 3.14. The van der Waals surface area contributed by atoms with Crippen molar-refractivity contribution in [1.82, 2.24) is 0 Å². The minimum atomic E-state index is 0.952. The Labute approximate surface area is 120 Å². The van der Waals surface area contributed by atoms with Gasteiger partial charge < -0.3 is 0 Å². The average Bonchev–Trinajstić information content (AvgIpc) is 3.17. The van der Waals surface area contributed by atoms with Crippen LogP contribution in [0, 0.1) is 23.7 Å². The lowest BCUT2D eigenvalue weighted by molar-refractivity contribution is 1.36. The van der Waals surface area contributed by atoms with Crippen molar-refractivity contribution in [2.24, 2.45) is 0 Å². The molecule has 0 unspecified atom stereocenters. The maximum Gasteiger partial charge on any atom is 0.0261 e. The van der Waals surface area contributed by atoms with Crippen LogP contribution in [0.4, 0.5) is 0 Å². The molecule has 0 fully saturated rings. The third-order valence-corrected chi connectivity index (χ3v) is 3.14. The van der Waals surface area contributed by atoms with Crippen LogP contribution in [-0.2, 0) is 0 Å². The van der Waals surface area contributed by atoms with Crippen molar-refractivity contribution in [2.75, 3.05) is 0 Å². The summed E-state index contributed by atoms with van der Waals surface area (Å²) in [7, 11) is 0. The Morgan fingerprint density at radius 2 is 1.25 bits per heavy atom. The first kappa shape index (κ1) is 12.3. The van der Waals surface area contributed by atoms with Gasteiger partial charge in [0.1, 0.15) is 0 Å². The molecule has 3 rings (SSSR count). The maximum atomic E-state index is 3.20. The van der Waals surface area contributed by atoms with Gasteiger partial charge in [0.2, 0.25) is 0 Å². The summed E-state index contributed by atoms with van der Waals surface area (Å²) in [6.45, 7) is 0. The molecule has 20 heavy (non-hydrogen) atoms. The van der Waals surface area contributed by atoms with Gasteiger partial charge in [-0.2, -0.15) is 0 Å². The van der Waals surface area contributed by atoms with E-state index in [-0.39, 0.29) is 0 Å². The van der Waals surface area contributed by atoms with Crippen LogP contribution in [0.15, 0.2) is 71.9 Å². The lowest BCUT2D eigenvalue weighted by atomic mass is 10.1. The Balaban J connectivity index is 1.76. The van der Waals surface area contributed by atoms with Crippen LogP contribution in [0.25, 0.3) is 0 Å². The van der Waals surface area contributed by atoms with Crippen LogP contribution >= 0.6 is 0 Å². The Kier molecular flexibility index (Phi) is 3.68. The van der Waals surface area contributed by atoms with Crippen molar-refractivity contribution in [3.63, 3.8) is 0 Å². The van der Waals surface area contributed by atoms with Crippen LogP contribution in [0.3, 0.4) is 0 Å². The highest BCUT2D eigenvalue weighted by atomic mass is 14.0. The summed E-state index contributed by atoms with van der Waals surface area (Å²) >= 11 is 0. The normalized spacial score (nSPS) is 15.0. The van der Waals surface area contributed by atoms with E-state index in [1.54, 1.807) is 0 Å². The predicted octanol–water partition coefficient (Wildman–Crippen LogP) is 4.16. The lowest BCUT2D eigenvalue weighted by Crippen LogP contribution is -1.80. The highest BCUT2D eigenvalue weighted by Gasteiger charge is 1.95. The zero-order chi connectivity index (χ0) is 13.6. The molecule has 1 aromatic carbocycles. The monoisotopic (exact) mass is 254 g/mol. The predicted molar refractivity (Wildman–Crippen MR) is 83.9 cm³/mol. The fraction of sp³-hybridized carbons (Fsp3) is 0.100. The van der Waals surface area contributed by atoms with Gasteiger partial charge in [-0.1, -0.05) is 66.2 Å². The van der Waals surface area contributed by atoms with E-state index in [0.717, 1.165) is 24.0 Å². The van der Waals surface area contributed by atoms with Crippen LogP contribution < -0.4 is 0 Å². The van der Waals surface area contributed by atoms with Crippen molar-refractivity contribution in [3.05, 3.63) is 83.0 Å². The Bertz CT molecular complexity index is 696. The Morgan fingerprint density at radius 1 is 0.700 bits per heavy atom. The molecule has 0 saturated heterocycles. The van der Waals surface area contributed by atoms with Crippen molar-refractivity contribution >= 4 is 0 Å². The van der Waals surface area contributed by atoms with Gasteiger partial charge in [0, 0.05) is 22.3 Å². The molecule has 0 atom stereocenters. The minimum absolute atomic E-state index is 0.952. The SMILES string of the molecule is C(#Cc1cccc(C#CC2=CC=CC2)c1)C1=CC=CC1. The number of benzene rings is 1. The van der Waals surface area contributed by atoms with Gasteiger partial charge in [0.05, 0.1) is 0 Å². The van der Waals surface area contributed by atoms with E-state index in [4.69, 9.17) is 0 Å². The summed E-state index contributed by atoms with van der Waals surface area (Å²) in [6.07, 6.45) is 14.4. The highest BCUT2D eigenvalue weighted by molar-refractivity contribution is 5.50. The van der Waals surface area contributed by atoms with Gasteiger partial charge in [0.25, 0.3) is 0 Å². The number of rotatable bonds is 0. The van der Waals surface area contributed by atoms with Crippen molar-refractivity contribution in [1.29, 1.82) is 0 Å². The molecule has 2 aliphatic carbocycles. The van der Waals surface area contributed by atoms with E-state index in [2.05, 4.69) is 60.1 Å². The largest absolute Gasteiger partial charge is 0.0794 e. The Hall–Kier alpha value is -2.70. The molecule has 0 aromatic heterocycles. The van der Waals surface area contributed by atoms with Gasteiger partial charge in [-0.05, 0) is 31.0 Å². The van der Waals surface area contributed by atoms with Gasteiger partial charge in [-0.15, -0.1) is 0 Å². The average molecular weight is 254 g/mol. The second kappa shape index (κ2) is 5.96. The van der Waals surface area contributed by atoms with Crippen LogP contribution in [0.1, 0.15) is 24.0 Å². The summed E-state index contributed by atoms with van der Waals surface area (Å²) in [6, 6.07) is 8.11. The molecular formula is C20H14. The highest BCUT2D eigenvalue weighted by Crippen LogP contribution is 2.11. The summed E-state index contributed by atoms with van der Waals surface area (Å²) in [5, 5.41) is 0. The molecule has 94 valence electrons. The fourth-order valence-electron chi connectivity index (χ4n) is 2.06. The molecule has 0 heterocycles. The smallest absolute Gasteiger partial charge is 0.0261 e. The quantitative estimate of drug-likeness (QED) is 0.610. The number of hydrogen-bond donors (Lipinski definition) is 0. The van der Waals surface area contributed by atoms with Crippen molar-refractivity contribution in [3.8, 4) is 23.7 Å². The molecule has 0 aliphatic heterocycles. The molecule has 0 spiro atoms. The summed E-state index contributed by atoms with van der Waals surface area (Å²) in [5.41, 5.74) is 4.37. The first-order valence-corrected chi connectivity index (χ1v) is 6.76. The second-order valence-corrected chi connectivity index (χ2v) is 4.73. The summed E-state index contributed by atoms with van der Waals surface area (Å²) < 4.78 is 0. The first-order valence-electron chi connectivity index (χ1n) is 6.76. The van der Waals surface area contributed by atoms with Gasteiger partial charge in [0.15, 0.2) is 0 Å². The van der Waals surface area contributed by atoms with Gasteiger partial charge in [-0.25, -0.2) is 0 Å². The fourth-order valence-corrected chi connectivity index (χ4v) is 2.06.